The first-order valence-corrected chi connectivity index (χ1v) is 7.89. The first-order chi connectivity index (χ1) is 8.94. The highest BCUT2D eigenvalue weighted by atomic mass is 32.2. The third-order valence-corrected chi connectivity index (χ3v) is 5.12. The Morgan fingerprint density at radius 1 is 1.37 bits per heavy atom. The second-order valence-corrected chi connectivity index (χ2v) is 6.82. The van der Waals surface area contributed by atoms with Gasteiger partial charge in [-0.1, -0.05) is 0 Å². The van der Waals surface area contributed by atoms with Gasteiger partial charge in [0.25, 0.3) is 0 Å². The van der Waals surface area contributed by atoms with Crippen molar-refractivity contribution in [2.24, 2.45) is 5.92 Å². The molecule has 2 unspecified atom stereocenters. The summed E-state index contributed by atoms with van der Waals surface area (Å²) < 4.78 is 25.5. The summed E-state index contributed by atoms with van der Waals surface area (Å²) in [5, 5.41) is 9.59. The van der Waals surface area contributed by atoms with Crippen LogP contribution in [0.3, 0.4) is 0 Å². The molecular formula is C13H20N2O3S. The number of hydrogen-bond acceptors (Lipinski definition) is 4. The van der Waals surface area contributed by atoms with E-state index in [1.54, 1.807) is 12.1 Å². The highest BCUT2D eigenvalue weighted by molar-refractivity contribution is 7.89. The molecule has 1 aliphatic heterocycles. The lowest BCUT2D eigenvalue weighted by Crippen LogP contribution is -2.24. The molecule has 5 nitrogen and oxygen atoms in total. The fourth-order valence-corrected chi connectivity index (χ4v) is 3.10. The van der Waals surface area contributed by atoms with Gasteiger partial charge in [-0.15, -0.1) is 0 Å². The summed E-state index contributed by atoms with van der Waals surface area (Å²) in [6, 6.07) is 6.84. The van der Waals surface area contributed by atoms with Crippen molar-refractivity contribution < 1.29 is 13.5 Å². The number of benzene rings is 1. The molecule has 19 heavy (non-hydrogen) atoms. The number of anilines is 1. The zero-order chi connectivity index (χ0) is 14.0. The van der Waals surface area contributed by atoms with Crippen LogP contribution in [0.2, 0.25) is 0 Å². The number of sulfonamides is 1. The first-order valence-electron chi connectivity index (χ1n) is 6.40. The van der Waals surface area contributed by atoms with Crippen LogP contribution >= 0.6 is 0 Å². The molecule has 106 valence electrons. The lowest BCUT2D eigenvalue weighted by Gasteiger charge is -2.20. The van der Waals surface area contributed by atoms with Crippen molar-refractivity contribution in [3.8, 4) is 0 Å². The molecule has 0 bridgehead atoms. The van der Waals surface area contributed by atoms with Crippen molar-refractivity contribution >= 4 is 15.7 Å². The van der Waals surface area contributed by atoms with Crippen molar-refractivity contribution in [3.63, 3.8) is 0 Å². The highest BCUT2D eigenvalue weighted by Gasteiger charge is 2.26. The van der Waals surface area contributed by atoms with Crippen LogP contribution in [0.15, 0.2) is 29.2 Å². The molecule has 0 aliphatic carbocycles. The average Bonchev–Trinajstić information content (AvgIpc) is 2.88. The Morgan fingerprint density at radius 3 is 2.47 bits per heavy atom. The summed E-state index contributed by atoms with van der Waals surface area (Å²) in [6.45, 7) is 3.53. The summed E-state index contributed by atoms with van der Waals surface area (Å²) >= 11 is 0. The van der Waals surface area contributed by atoms with Crippen molar-refractivity contribution in [1.82, 2.24) is 4.72 Å². The number of rotatable bonds is 4. The Labute approximate surface area is 114 Å². The monoisotopic (exact) mass is 284 g/mol. The normalized spacial score (nSPS) is 21.6. The molecular weight excluding hydrogens is 264 g/mol. The molecule has 0 radical (unpaired) electrons. The minimum absolute atomic E-state index is 0.269. The summed E-state index contributed by atoms with van der Waals surface area (Å²) in [5.41, 5.74) is 0.998. The Hall–Kier alpha value is -1.11. The molecule has 1 saturated heterocycles. The van der Waals surface area contributed by atoms with Gasteiger partial charge in [-0.3, -0.25) is 0 Å². The topological polar surface area (TPSA) is 69.6 Å². The summed E-state index contributed by atoms with van der Waals surface area (Å²) in [7, 11) is -1.97. The van der Waals surface area contributed by atoms with Crippen LogP contribution in [0, 0.1) is 5.92 Å². The van der Waals surface area contributed by atoms with Crippen LogP contribution in [0.4, 0.5) is 5.69 Å². The molecule has 1 aromatic carbocycles. The van der Waals surface area contributed by atoms with Gasteiger partial charge in [-0.2, -0.15) is 0 Å². The fourth-order valence-electron chi connectivity index (χ4n) is 2.37. The quantitative estimate of drug-likeness (QED) is 0.858. The van der Waals surface area contributed by atoms with Gasteiger partial charge in [0.2, 0.25) is 10.0 Å². The van der Waals surface area contributed by atoms with E-state index in [2.05, 4.69) is 9.62 Å². The molecule has 6 heteroatoms. The number of aliphatic hydroxyl groups excluding tert-OH is 1. The molecule has 0 aromatic heterocycles. The number of nitrogens with zero attached hydrogens (tertiary/aromatic N) is 1. The number of aliphatic hydroxyl groups is 1. The van der Waals surface area contributed by atoms with Crippen molar-refractivity contribution in [2.75, 3.05) is 25.0 Å². The third kappa shape index (κ3) is 3.08. The Morgan fingerprint density at radius 2 is 2.00 bits per heavy atom. The molecule has 0 amide bonds. The van der Waals surface area contributed by atoms with Gasteiger partial charge in [0.1, 0.15) is 0 Å². The summed E-state index contributed by atoms with van der Waals surface area (Å²) in [6.07, 6.45) is 0.669. The van der Waals surface area contributed by atoms with E-state index in [1.165, 1.54) is 7.05 Å². The lowest BCUT2D eigenvalue weighted by atomic mass is 10.0. The predicted molar refractivity (Wildman–Crippen MR) is 74.7 cm³/mol. The van der Waals surface area contributed by atoms with Gasteiger partial charge in [0.15, 0.2) is 0 Å². The van der Waals surface area contributed by atoms with Gasteiger partial charge < -0.3 is 10.0 Å². The zero-order valence-corrected chi connectivity index (χ0v) is 12.0. The Balaban J connectivity index is 2.12. The first kappa shape index (κ1) is 14.3. The van der Waals surface area contributed by atoms with E-state index in [-0.39, 0.29) is 11.0 Å². The maximum absolute atomic E-state index is 11.6. The highest BCUT2D eigenvalue weighted by Crippen LogP contribution is 2.26. The van der Waals surface area contributed by atoms with Crippen molar-refractivity contribution in [1.29, 1.82) is 0 Å². The molecule has 0 saturated carbocycles. The minimum atomic E-state index is -3.37. The van der Waals surface area contributed by atoms with Crippen LogP contribution in [-0.2, 0) is 10.0 Å². The number of nitrogens with one attached hydrogen (secondary N) is 1. The number of hydrogen-bond donors (Lipinski definition) is 2. The zero-order valence-electron chi connectivity index (χ0n) is 11.2. The lowest BCUT2D eigenvalue weighted by molar-refractivity contribution is 0.136. The third-order valence-electron chi connectivity index (χ3n) is 3.69. The Kier molecular flexibility index (Phi) is 4.13. The van der Waals surface area contributed by atoms with Crippen molar-refractivity contribution in [2.45, 2.75) is 24.3 Å². The molecule has 1 heterocycles. The summed E-state index contributed by atoms with van der Waals surface area (Å²) in [5.74, 6) is 0.292. The van der Waals surface area contributed by atoms with E-state index in [1.807, 2.05) is 19.1 Å². The standard InChI is InChI=1S/C13H20N2O3S/c1-10(16)11-7-8-15(9-11)12-3-5-13(6-4-12)19(17,18)14-2/h3-6,10-11,14,16H,7-9H2,1-2H3. The Bertz CT molecular complexity index is 525. The van der Waals surface area contributed by atoms with E-state index < -0.39 is 10.0 Å². The minimum Gasteiger partial charge on any atom is -0.393 e. The van der Waals surface area contributed by atoms with Gasteiger partial charge in [-0.25, -0.2) is 13.1 Å². The van der Waals surface area contributed by atoms with Crippen LogP contribution in [0.1, 0.15) is 13.3 Å². The van der Waals surface area contributed by atoms with Gasteiger partial charge in [-0.05, 0) is 44.7 Å². The van der Waals surface area contributed by atoms with E-state index >= 15 is 0 Å². The molecule has 2 rings (SSSR count). The molecule has 2 atom stereocenters. The van der Waals surface area contributed by atoms with E-state index in [0.29, 0.717) is 5.92 Å². The molecule has 2 N–H and O–H groups in total. The van der Waals surface area contributed by atoms with Crippen LogP contribution in [-0.4, -0.2) is 39.8 Å². The molecule has 1 fully saturated rings. The molecule has 1 aromatic rings. The van der Waals surface area contributed by atoms with Gasteiger partial charge in [0.05, 0.1) is 11.0 Å². The summed E-state index contributed by atoms with van der Waals surface area (Å²) in [4.78, 5) is 2.44. The van der Waals surface area contributed by atoms with Crippen LogP contribution in [0.5, 0.6) is 0 Å². The maximum Gasteiger partial charge on any atom is 0.240 e. The fraction of sp³-hybridized carbons (Fsp3) is 0.538. The smallest absolute Gasteiger partial charge is 0.240 e. The predicted octanol–water partition coefficient (Wildman–Crippen LogP) is 0.802. The van der Waals surface area contributed by atoms with Gasteiger partial charge in [0, 0.05) is 24.7 Å². The second kappa shape index (κ2) is 5.48. The molecule has 0 spiro atoms. The molecule has 1 aliphatic rings. The SMILES string of the molecule is CNS(=O)(=O)c1ccc(N2CCC(C(C)O)C2)cc1. The van der Waals surface area contributed by atoms with E-state index in [4.69, 9.17) is 0 Å². The second-order valence-electron chi connectivity index (χ2n) is 4.94. The van der Waals surface area contributed by atoms with E-state index in [0.717, 1.165) is 25.2 Å². The van der Waals surface area contributed by atoms with Crippen LogP contribution < -0.4 is 9.62 Å². The average molecular weight is 284 g/mol. The maximum atomic E-state index is 11.6. The van der Waals surface area contributed by atoms with Gasteiger partial charge >= 0.3 is 0 Å². The largest absolute Gasteiger partial charge is 0.393 e. The van der Waals surface area contributed by atoms with Crippen LogP contribution in [0.25, 0.3) is 0 Å². The van der Waals surface area contributed by atoms with Crippen molar-refractivity contribution in [3.05, 3.63) is 24.3 Å². The van der Waals surface area contributed by atoms with E-state index in [9.17, 15) is 13.5 Å².